The Balaban J connectivity index is 1.55. The third-order valence-corrected chi connectivity index (χ3v) is 5.76. The summed E-state index contributed by atoms with van der Waals surface area (Å²) >= 11 is 0. The molecule has 0 amide bonds. The van der Waals surface area contributed by atoms with Crippen LogP contribution in [0.25, 0.3) is 0 Å². The van der Waals surface area contributed by atoms with Crippen LogP contribution in [0.4, 0.5) is 0 Å². The summed E-state index contributed by atoms with van der Waals surface area (Å²) in [6.45, 7) is 8.57. The molecule has 4 unspecified atom stereocenters. The topological polar surface area (TPSA) is 15.3 Å². The van der Waals surface area contributed by atoms with Crippen molar-refractivity contribution in [1.82, 2.24) is 10.2 Å². The van der Waals surface area contributed by atoms with Crippen molar-refractivity contribution in [3.05, 3.63) is 0 Å². The molecule has 1 heterocycles. The monoisotopic (exact) mass is 264 g/mol. The van der Waals surface area contributed by atoms with Crippen molar-refractivity contribution < 1.29 is 0 Å². The number of likely N-dealkylation sites (tertiary alicyclic amines) is 1. The maximum Gasteiger partial charge on any atom is 0.0212 e. The van der Waals surface area contributed by atoms with Crippen molar-refractivity contribution in [3.8, 4) is 0 Å². The highest BCUT2D eigenvalue weighted by Gasteiger charge is 2.40. The van der Waals surface area contributed by atoms with E-state index in [-0.39, 0.29) is 0 Å². The van der Waals surface area contributed by atoms with E-state index in [2.05, 4.69) is 31.0 Å². The molecule has 3 fully saturated rings. The molecule has 0 aromatic heterocycles. The number of rotatable bonds is 4. The van der Waals surface area contributed by atoms with E-state index in [1.165, 1.54) is 51.5 Å². The standard InChI is InChI=1S/C17H32N2/c1-12(2)16-6-4-5-7-17(16)18-14-10-13(3)19(11-14)15-8-9-15/h12-18H,4-11H2,1-3H3. The summed E-state index contributed by atoms with van der Waals surface area (Å²) in [5.41, 5.74) is 0. The van der Waals surface area contributed by atoms with E-state index in [4.69, 9.17) is 0 Å². The summed E-state index contributed by atoms with van der Waals surface area (Å²) in [7, 11) is 0. The first-order valence-corrected chi connectivity index (χ1v) is 8.67. The lowest BCUT2D eigenvalue weighted by atomic mass is 9.77. The van der Waals surface area contributed by atoms with Gasteiger partial charge in [0.25, 0.3) is 0 Å². The van der Waals surface area contributed by atoms with E-state index < -0.39 is 0 Å². The lowest BCUT2D eigenvalue weighted by molar-refractivity contribution is 0.190. The van der Waals surface area contributed by atoms with Gasteiger partial charge in [-0.2, -0.15) is 0 Å². The highest BCUT2D eigenvalue weighted by atomic mass is 15.3. The SMILES string of the molecule is CC(C)C1CCCCC1NC1CC(C)N(C2CC2)C1. The molecule has 0 spiro atoms. The van der Waals surface area contributed by atoms with Crippen LogP contribution >= 0.6 is 0 Å². The Morgan fingerprint density at radius 2 is 1.79 bits per heavy atom. The zero-order valence-corrected chi connectivity index (χ0v) is 13.1. The molecule has 110 valence electrons. The summed E-state index contributed by atoms with van der Waals surface area (Å²) in [6.07, 6.45) is 10.0. The number of hydrogen-bond acceptors (Lipinski definition) is 2. The van der Waals surface area contributed by atoms with Crippen LogP contribution in [-0.2, 0) is 0 Å². The lowest BCUT2D eigenvalue weighted by Gasteiger charge is -2.37. The van der Waals surface area contributed by atoms with Crippen LogP contribution in [0.3, 0.4) is 0 Å². The molecular weight excluding hydrogens is 232 g/mol. The molecular formula is C17H32N2. The van der Waals surface area contributed by atoms with Gasteiger partial charge in [-0.25, -0.2) is 0 Å². The highest BCUT2D eigenvalue weighted by molar-refractivity contribution is 4.97. The lowest BCUT2D eigenvalue weighted by Crippen LogP contribution is -2.47. The van der Waals surface area contributed by atoms with Gasteiger partial charge in [-0.15, -0.1) is 0 Å². The van der Waals surface area contributed by atoms with Crippen LogP contribution in [0.2, 0.25) is 0 Å². The Kier molecular flexibility index (Phi) is 4.19. The minimum atomic E-state index is 0.764. The summed E-state index contributed by atoms with van der Waals surface area (Å²) in [5, 5.41) is 4.05. The predicted molar refractivity (Wildman–Crippen MR) is 81.3 cm³/mol. The second kappa shape index (κ2) is 5.73. The Morgan fingerprint density at radius 3 is 2.47 bits per heavy atom. The predicted octanol–water partition coefficient (Wildman–Crippen LogP) is 3.42. The molecule has 0 aromatic rings. The average molecular weight is 264 g/mol. The van der Waals surface area contributed by atoms with E-state index in [1.54, 1.807) is 0 Å². The van der Waals surface area contributed by atoms with Gasteiger partial charge in [0.15, 0.2) is 0 Å². The molecule has 1 saturated heterocycles. The summed E-state index contributed by atoms with van der Waals surface area (Å²) in [6, 6.07) is 3.31. The van der Waals surface area contributed by atoms with Crippen molar-refractivity contribution in [1.29, 1.82) is 0 Å². The van der Waals surface area contributed by atoms with Crippen LogP contribution in [0.15, 0.2) is 0 Å². The van der Waals surface area contributed by atoms with E-state index in [0.717, 1.165) is 36.0 Å². The van der Waals surface area contributed by atoms with Gasteiger partial charge in [0.2, 0.25) is 0 Å². The molecule has 1 aliphatic heterocycles. The fourth-order valence-electron chi connectivity index (χ4n) is 4.56. The Hall–Kier alpha value is -0.0800. The van der Waals surface area contributed by atoms with E-state index in [0.29, 0.717) is 0 Å². The Morgan fingerprint density at radius 1 is 1.05 bits per heavy atom. The molecule has 3 rings (SSSR count). The summed E-state index contributed by atoms with van der Waals surface area (Å²) in [5.74, 6) is 1.76. The third kappa shape index (κ3) is 3.16. The zero-order valence-electron chi connectivity index (χ0n) is 13.1. The molecule has 2 heteroatoms. The van der Waals surface area contributed by atoms with E-state index in [1.807, 2.05) is 0 Å². The quantitative estimate of drug-likeness (QED) is 0.837. The van der Waals surface area contributed by atoms with Gasteiger partial charge in [0, 0.05) is 30.7 Å². The van der Waals surface area contributed by atoms with Gasteiger partial charge >= 0.3 is 0 Å². The molecule has 0 aromatic carbocycles. The summed E-state index contributed by atoms with van der Waals surface area (Å²) in [4.78, 5) is 2.77. The van der Waals surface area contributed by atoms with Crippen LogP contribution in [0.1, 0.15) is 65.7 Å². The molecule has 19 heavy (non-hydrogen) atoms. The average Bonchev–Trinajstić information content (AvgIpc) is 3.15. The maximum absolute atomic E-state index is 4.05. The molecule has 4 atom stereocenters. The van der Waals surface area contributed by atoms with Crippen molar-refractivity contribution in [2.75, 3.05) is 6.54 Å². The molecule has 3 aliphatic rings. The summed E-state index contributed by atoms with van der Waals surface area (Å²) < 4.78 is 0. The molecule has 0 radical (unpaired) electrons. The van der Waals surface area contributed by atoms with Gasteiger partial charge in [-0.3, -0.25) is 4.90 Å². The first-order chi connectivity index (χ1) is 9.15. The van der Waals surface area contributed by atoms with E-state index >= 15 is 0 Å². The molecule has 2 saturated carbocycles. The molecule has 1 N–H and O–H groups in total. The first-order valence-electron chi connectivity index (χ1n) is 8.67. The van der Waals surface area contributed by atoms with Crippen LogP contribution in [0.5, 0.6) is 0 Å². The highest BCUT2D eigenvalue weighted by Crippen LogP contribution is 2.35. The van der Waals surface area contributed by atoms with Gasteiger partial charge in [-0.1, -0.05) is 26.7 Å². The molecule has 2 aliphatic carbocycles. The minimum Gasteiger partial charge on any atom is -0.310 e. The first kappa shape index (κ1) is 13.9. The normalized spacial score (nSPS) is 41.1. The zero-order chi connectivity index (χ0) is 13.4. The van der Waals surface area contributed by atoms with Crippen LogP contribution < -0.4 is 5.32 Å². The molecule has 0 bridgehead atoms. The maximum atomic E-state index is 4.05. The Bertz CT molecular complexity index is 298. The van der Waals surface area contributed by atoms with Crippen LogP contribution in [0, 0.1) is 11.8 Å². The van der Waals surface area contributed by atoms with Gasteiger partial charge in [0.1, 0.15) is 0 Å². The Labute approximate surface area is 119 Å². The fourth-order valence-corrected chi connectivity index (χ4v) is 4.56. The second-order valence-corrected chi connectivity index (χ2v) is 7.68. The van der Waals surface area contributed by atoms with Crippen molar-refractivity contribution in [2.24, 2.45) is 11.8 Å². The smallest absolute Gasteiger partial charge is 0.0212 e. The van der Waals surface area contributed by atoms with Crippen molar-refractivity contribution in [3.63, 3.8) is 0 Å². The van der Waals surface area contributed by atoms with Crippen molar-refractivity contribution in [2.45, 2.75) is 89.9 Å². The minimum absolute atomic E-state index is 0.764. The number of nitrogens with zero attached hydrogens (tertiary/aromatic N) is 1. The van der Waals surface area contributed by atoms with Crippen molar-refractivity contribution >= 4 is 0 Å². The fraction of sp³-hybridized carbons (Fsp3) is 1.00. The van der Waals surface area contributed by atoms with Gasteiger partial charge < -0.3 is 5.32 Å². The third-order valence-electron chi connectivity index (χ3n) is 5.76. The van der Waals surface area contributed by atoms with Gasteiger partial charge in [0.05, 0.1) is 0 Å². The van der Waals surface area contributed by atoms with E-state index in [9.17, 15) is 0 Å². The number of nitrogens with one attached hydrogen (secondary N) is 1. The van der Waals surface area contributed by atoms with Gasteiger partial charge in [-0.05, 0) is 50.9 Å². The second-order valence-electron chi connectivity index (χ2n) is 7.68. The largest absolute Gasteiger partial charge is 0.310 e. The molecule has 2 nitrogen and oxygen atoms in total. The van der Waals surface area contributed by atoms with Crippen LogP contribution in [-0.4, -0.2) is 35.6 Å². The number of hydrogen-bond donors (Lipinski definition) is 1.